The standard InChI is InChI=1S/C23H26N2O3/c1-15(2)24-23(26)19-14-20(17-9-7-6-8-10-17)25(16(19)3)18-11-12-21(27-4)22(13-18)28-5/h6-15H,1-5H3,(H,24,26). The fraction of sp³-hybridized carbons (Fsp3) is 0.261. The van der Waals surface area contributed by atoms with E-state index in [1.54, 1.807) is 14.2 Å². The molecule has 2 aromatic carbocycles. The molecule has 28 heavy (non-hydrogen) atoms. The van der Waals surface area contributed by atoms with E-state index in [0.29, 0.717) is 17.1 Å². The fourth-order valence-corrected chi connectivity index (χ4v) is 3.29. The van der Waals surface area contributed by atoms with Gasteiger partial charge in [0.05, 0.1) is 25.5 Å². The summed E-state index contributed by atoms with van der Waals surface area (Å²) < 4.78 is 12.9. The summed E-state index contributed by atoms with van der Waals surface area (Å²) in [4.78, 5) is 12.8. The van der Waals surface area contributed by atoms with Gasteiger partial charge in [-0.15, -0.1) is 0 Å². The third-order valence-electron chi connectivity index (χ3n) is 4.61. The predicted octanol–water partition coefficient (Wildman–Crippen LogP) is 4.61. The van der Waals surface area contributed by atoms with Crippen molar-refractivity contribution in [2.75, 3.05) is 14.2 Å². The summed E-state index contributed by atoms with van der Waals surface area (Å²) in [6, 6.07) is 17.8. The first-order valence-electron chi connectivity index (χ1n) is 9.27. The second-order valence-electron chi connectivity index (χ2n) is 6.90. The van der Waals surface area contributed by atoms with Gasteiger partial charge in [0.15, 0.2) is 11.5 Å². The van der Waals surface area contributed by atoms with Gasteiger partial charge in [-0.3, -0.25) is 4.79 Å². The number of carbonyl (C=O) groups is 1. The normalized spacial score (nSPS) is 10.8. The molecule has 1 N–H and O–H groups in total. The Morgan fingerprint density at radius 2 is 1.64 bits per heavy atom. The number of nitrogens with one attached hydrogen (secondary N) is 1. The van der Waals surface area contributed by atoms with E-state index in [1.165, 1.54) is 0 Å². The largest absolute Gasteiger partial charge is 0.493 e. The van der Waals surface area contributed by atoms with Crippen LogP contribution >= 0.6 is 0 Å². The Kier molecular flexibility index (Phi) is 5.73. The quantitative estimate of drug-likeness (QED) is 0.682. The van der Waals surface area contributed by atoms with Crippen LogP contribution in [0.2, 0.25) is 0 Å². The number of hydrogen-bond donors (Lipinski definition) is 1. The van der Waals surface area contributed by atoms with Crippen LogP contribution in [0.25, 0.3) is 16.9 Å². The summed E-state index contributed by atoms with van der Waals surface area (Å²) in [7, 11) is 3.23. The number of aromatic nitrogens is 1. The zero-order chi connectivity index (χ0) is 20.3. The SMILES string of the molecule is COc1ccc(-n2c(-c3ccccc3)cc(C(=O)NC(C)C)c2C)cc1OC. The molecular formula is C23H26N2O3. The third kappa shape index (κ3) is 3.74. The first-order valence-corrected chi connectivity index (χ1v) is 9.27. The maximum atomic E-state index is 12.8. The molecule has 146 valence electrons. The molecule has 0 radical (unpaired) electrons. The smallest absolute Gasteiger partial charge is 0.253 e. The van der Waals surface area contributed by atoms with E-state index >= 15 is 0 Å². The number of benzene rings is 2. The van der Waals surface area contributed by atoms with Gasteiger partial charge in [-0.05, 0) is 44.5 Å². The zero-order valence-corrected chi connectivity index (χ0v) is 16.9. The van der Waals surface area contributed by atoms with E-state index in [9.17, 15) is 4.79 Å². The Balaban J connectivity index is 2.21. The van der Waals surface area contributed by atoms with Gasteiger partial charge < -0.3 is 19.4 Å². The van der Waals surface area contributed by atoms with Crippen LogP contribution in [-0.4, -0.2) is 30.7 Å². The summed E-state index contributed by atoms with van der Waals surface area (Å²) in [5.74, 6) is 1.22. The van der Waals surface area contributed by atoms with E-state index in [-0.39, 0.29) is 11.9 Å². The number of methoxy groups -OCH3 is 2. The second kappa shape index (κ2) is 8.21. The number of rotatable bonds is 6. The number of ether oxygens (including phenoxy) is 2. The molecule has 0 fully saturated rings. The van der Waals surface area contributed by atoms with Crippen LogP contribution in [0, 0.1) is 6.92 Å². The van der Waals surface area contributed by atoms with E-state index in [4.69, 9.17) is 9.47 Å². The van der Waals surface area contributed by atoms with Crippen LogP contribution in [0.1, 0.15) is 29.9 Å². The number of hydrogen-bond acceptors (Lipinski definition) is 3. The highest BCUT2D eigenvalue weighted by atomic mass is 16.5. The molecule has 0 aliphatic rings. The maximum Gasteiger partial charge on any atom is 0.253 e. The van der Waals surface area contributed by atoms with Gasteiger partial charge in [0.2, 0.25) is 0 Å². The highest BCUT2D eigenvalue weighted by molar-refractivity contribution is 5.97. The Labute approximate surface area is 165 Å². The van der Waals surface area contributed by atoms with Gasteiger partial charge in [-0.1, -0.05) is 30.3 Å². The summed E-state index contributed by atoms with van der Waals surface area (Å²) in [6.45, 7) is 5.87. The van der Waals surface area contributed by atoms with E-state index in [2.05, 4.69) is 9.88 Å². The van der Waals surface area contributed by atoms with Gasteiger partial charge >= 0.3 is 0 Å². The lowest BCUT2D eigenvalue weighted by atomic mass is 10.1. The van der Waals surface area contributed by atoms with Gasteiger partial charge in [0.25, 0.3) is 5.91 Å². The Bertz CT molecular complexity index is 975. The molecule has 0 bridgehead atoms. The van der Waals surface area contributed by atoms with Crippen LogP contribution in [-0.2, 0) is 0 Å². The van der Waals surface area contributed by atoms with E-state index < -0.39 is 0 Å². The van der Waals surface area contributed by atoms with Crippen molar-refractivity contribution >= 4 is 5.91 Å². The first kappa shape index (κ1) is 19.5. The molecule has 0 saturated heterocycles. The van der Waals surface area contributed by atoms with Crippen LogP contribution in [0.5, 0.6) is 11.5 Å². The first-order chi connectivity index (χ1) is 13.5. The van der Waals surface area contributed by atoms with Gasteiger partial charge in [-0.2, -0.15) is 0 Å². The van der Waals surface area contributed by atoms with Crippen LogP contribution in [0.3, 0.4) is 0 Å². The van der Waals surface area contributed by atoms with E-state index in [1.807, 2.05) is 75.4 Å². The van der Waals surface area contributed by atoms with Crippen molar-refractivity contribution in [1.29, 1.82) is 0 Å². The van der Waals surface area contributed by atoms with E-state index in [0.717, 1.165) is 22.6 Å². The average Bonchev–Trinajstić information content (AvgIpc) is 3.05. The minimum atomic E-state index is -0.0797. The molecule has 1 amide bonds. The molecule has 1 aromatic heterocycles. The topological polar surface area (TPSA) is 52.5 Å². The van der Waals surface area contributed by atoms with Gasteiger partial charge in [0, 0.05) is 23.5 Å². The number of amides is 1. The summed E-state index contributed by atoms with van der Waals surface area (Å²) >= 11 is 0. The molecule has 3 rings (SSSR count). The van der Waals surface area contributed by atoms with Gasteiger partial charge in [0.1, 0.15) is 0 Å². The van der Waals surface area contributed by atoms with Crippen molar-refractivity contribution < 1.29 is 14.3 Å². The van der Waals surface area contributed by atoms with Gasteiger partial charge in [-0.25, -0.2) is 0 Å². The monoisotopic (exact) mass is 378 g/mol. The van der Waals surface area contributed by atoms with Crippen molar-refractivity contribution in [3.63, 3.8) is 0 Å². The van der Waals surface area contributed by atoms with Crippen molar-refractivity contribution in [1.82, 2.24) is 9.88 Å². The van der Waals surface area contributed by atoms with Crippen LogP contribution < -0.4 is 14.8 Å². The highest BCUT2D eigenvalue weighted by Gasteiger charge is 2.20. The van der Waals surface area contributed by atoms with Crippen LogP contribution in [0.4, 0.5) is 0 Å². The number of carbonyl (C=O) groups excluding carboxylic acids is 1. The minimum absolute atomic E-state index is 0.0662. The fourth-order valence-electron chi connectivity index (χ4n) is 3.29. The van der Waals surface area contributed by atoms with Crippen molar-refractivity contribution in [2.24, 2.45) is 0 Å². The number of nitrogens with zero attached hydrogens (tertiary/aromatic N) is 1. The molecule has 0 atom stereocenters. The maximum absolute atomic E-state index is 12.8. The molecule has 5 heteroatoms. The Hall–Kier alpha value is -3.21. The molecule has 0 spiro atoms. The molecule has 0 unspecified atom stereocenters. The summed E-state index contributed by atoms with van der Waals surface area (Å²) in [5.41, 5.74) is 4.40. The summed E-state index contributed by atoms with van der Waals surface area (Å²) in [5, 5.41) is 2.99. The third-order valence-corrected chi connectivity index (χ3v) is 4.61. The summed E-state index contributed by atoms with van der Waals surface area (Å²) in [6.07, 6.45) is 0. The minimum Gasteiger partial charge on any atom is -0.493 e. The molecule has 1 heterocycles. The zero-order valence-electron chi connectivity index (χ0n) is 16.9. The van der Waals surface area contributed by atoms with Crippen molar-refractivity contribution in [2.45, 2.75) is 26.8 Å². The molecular weight excluding hydrogens is 352 g/mol. The predicted molar refractivity (Wildman–Crippen MR) is 112 cm³/mol. The van der Waals surface area contributed by atoms with Crippen molar-refractivity contribution in [3.05, 3.63) is 65.9 Å². The average molecular weight is 378 g/mol. The highest BCUT2D eigenvalue weighted by Crippen LogP contribution is 2.34. The lowest BCUT2D eigenvalue weighted by Crippen LogP contribution is -2.30. The molecule has 0 saturated carbocycles. The lowest BCUT2D eigenvalue weighted by Gasteiger charge is -2.15. The Morgan fingerprint density at radius 1 is 0.964 bits per heavy atom. The molecule has 5 nitrogen and oxygen atoms in total. The molecule has 0 aliphatic heterocycles. The van der Waals surface area contributed by atoms with Crippen LogP contribution in [0.15, 0.2) is 54.6 Å². The molecule has 3 aromatic rings. The van der Waals surface area contributed by atoms with Crippen molar-refractivity contribution in [3.8, 4) is 28.4 Å². The molecule has 0 aliphatic carbocycles. The lowest BCUT2D eigenvalue weighted by molar-refractivity contribution is 0.0942. The second-order valence-corrected chi connectivity index (χ2v) is 6.90. The Morgan fingerprint density at radius 3 is 2.25 bits per heavy atom.